The fraction of sp³-hybridized carbons (Fsp3) is 0.581. The third-order valence-electron chi connectivity index (χ3n) is 7.20. The number of nitrogens with zero attached hydrogens (tertiary/aromatic N) is 1. The summed E-state index contributed by atoms with van der Waals surface area (Å²) in [7, 11) is 0. The molecule has 2 N–H and O–H groups in total. The average molecular weight is 530 g/mol. The molecule has 1 aliphatic rings. The minimum absolute atomic E-state index is 0.0483. The van der Waals surface area contributed by atoms with Crippen molar-refractivity contribution < 1.29 is 28.9 Å². The summed E-state index contributed by atoms with van der Waals surface area (Å²) in [6.07, 6.45) is 4.36. The summed E-state index contributed by atoms with van der Waals surface area (Å²) in [6, 6.07) is 11.7. The van der Waals surface area contributed by atoms with Crippen LogP contribution in [-0.2, 0) is 22.4 Å². The van der Waals surface area contributed by atoms with Crippen molar-refractivity contribution in [2.75, 3.05) is 19.7 Å². The Morgan fingerprint density at radius 1 is 1.16 bits per heavy atom. The molecule has 2 aromatic carbocycles. The Kier molecular flexibility index (Phi) is 11.6. The number of hydrogen-bond acceptors (Lipinski definition) is 5. The molecule has 1 heterocycles. The highest BCUT2D eigenvalue weighted by Crippen LogP contribution is 2.29. The van der Waals surface area contributed by atoms with Gasteiger partial charge < -0.3 is 19.7 Å². The molecule has 3 atom stereocenters. The highest BCUT2D eigenvalue weighted by atomic mass is 19.1. The average Bonchev–Trinajstić information content (AvgIpc) is 3.28. The Bertz CT molecular complexity index is 1040. The van der Waals surface area contributed by atoms with E-state index in [4.69, 9.17) is 14.6 Å². The molecule has 38 heavy (non-hydrogen) atoms. The van der Waals surface area contributed by atoms with Crippen molar-refractivity contribution in [1.82, 2.24) is 4.90 Å². The third-order valence-corrected chi connectivity index (χ3v) is 7.20. The zero-order chi connectivity index (χ0) is 27.7. The van der Waals surface area contributed by atoms with Crippen LogP contribution in [0.3, 0.4) is 0 Å². The van der Waals surface area contributed by atoms with E-state index < -0.39 is 12.1 Å². The molecule has 3 rings (SSSR count). The van der Waals surface area contributed by atoms with E-state index >= 15 is 0 Å². The first-order valence-electron chi connectivity index (χ1n) is 13.9. The van der Waals surface area contributed by atoms with Gasteiger partial charge in [0.15, 0.2) is 0 Å². The molecule has 2 aromatic rings. The van der Waals surface area contributed by atoms with Crippen LogP contribution in [0.15, 0.2) is 36.4 Å². The number of carboxylic acids is 1. The Hall–Kier alpha value is -2.48. The van der Waals surface area contributed by atoms with Crippen LogP contribution < -0.4 is 4.74 Å². The van der Waals surface area contributed by atoms with Gasteiger partial charge in [-0.25, -0.2) is 4.39 Å². The fourth-order valence-corrected chi connectivity index (χ4v) is 5.19. The van der Waals surface area contributed by atoms with Crippen LogP contribution in [0.5, 0.6) is 5.75 Å². The van der Waals surface area contributed by atoms with Crippen LogP contribution in [0.1, 0.15) is 81.2 Å². The number of halogens is 1. The van der Waals surface area contributed by atoms with Crippen LogP contribution in [-0.4, -0.2) is 59.0 Å². The summed E-state index contributed by atoms with van der Waals surface area (Å²) in [4.78, 5) is 13.2. The molecule has 1 saturated heterocycles. The standard InChI is InChI=1S/C31H44FNO5/c1-21(2)38-28-14-13-25(8-5-6-10-31(35)36)29(18-28)23(4)37-20-27(34)19-33-15-7-9-26(33)16-24-12-11-22(3)30(32)17-24/h11-14,17-18,21,23,26-27,34H,5-10,15-16,19-20H2,1-4H3,(H,35,36)/t23-,26+,27-/m1/s1. The lowest BCUT2D eigenvalue weighted by Crippen LogP contribution is -2.39. The SMILES string of the molecule is Cc1ccc(C[C@@H]2CCCN2C[C@@H](O)CO[C@H](C)c2cc(OC(C)C)ccc2CCCCC(=O)O)cc1F. The van der Waals surface area contributed by atoms with Crippen molar-refractivity contribution in [3.63, 3.8) is 0 Å². The molecule has 1 aliphatic heterocycles. The fourth-order valence-electron chi connectivity index (χ4n) is 5.19. The number of carboxylic acid groups (broad SMARTS) is 1. The molecule has 0 spiro atoms. The highest BCUT2D eigenvalue weighted by Gasteiger charge is 2.27. The van der Waals surface area contributed by atoms with Gasteiger partial charge in [-0.3, -0.25) is 9.69 Å². The van der Waals surface area contributed by atoms with Crippen molar-refractivity contribution in [3.8, 4) is 5.75 Å². The number of aliphatic hydroxyl groups is 1. The first-order chi connectivity index (χ1) is 18.1. The summed E-state index contributed by atoms with van der Waals surface area (Å²) in [5.74, 6) is -0.172. The minimum Gasteiger partial charge on any atom is -0.491 e. The molecule has 0 aromatic heterocycles. The lowest BCUT2D eigenvalue weighted by molar-refractivity contribution is -0.137. The van der Waals surface area contributed by atoms with Gasteiger partial charge >= 0.3 is 5.97 Å². The van der Waals surface area contributed by atoms with Crippen molar-refractivity contribution in [2.24, 2.45) is 0 Å². The van der Waals surface area contributed by atoms with E-state index in [0.29, 0.717) is 18.5 Å². The number of β-amino-alcohol motifs (C(OH)–C–C–N with tert-alkyl or cyclic N) is 1. The molecule has 0 amide bonds. The number of rotatable bonds is 15. The van der Waals surface area contributed by atoms with Crippen molar-refractivity contribution in [3.05, 3.63) is 64.5 Å². The first-order valence-corrected chi connectivity index (χ1v) is 13.9. The summed E-state index contributed by atoms with van der Waals surface area (Å²) in [5.41, 5.74) is 3.76. The van der Waals surface area contributed by atoms with Gasteiger partial charge in [-0.1, -0.05) is 18.2 Å². The summed E-state index contributed by atoms with van der Waals surface area (Å²) in [6.45, 7) is 9.36. The second kappa shape index (κ2) is 14.6. The van der Waals surface area contributed by atoms with Gasteiger partial charge in [-0.2, -0.15) is 0 Å². The van der Waals surface area contributed by atoms with Crippen LogP contribution in [0, 0.1) is 12.7 Å². The van der Waals surface area contributed by atoms with E-state index in [2.05, 4.69) is 4.90 Å². The number of aryl methyl sites for hydroxylation is 2. The monoisotopic (exact) mass is 529 g/mol. The molecule has 0 aliphatic carbocycles. The number of hydrogen-bond donors (Lipinski definition) is 2. The van der Waals surface area contributed by atoms with Gasteiger partial charge in [0.05, 0.1) is 24.9 Å². The van der Waals surface area contributed by atoms with Crippen LogP contribution in [0.25, 0.3) is 0 Å². The predicted molar refractivity (Wildman–Crippen MR) is 147 cm³/mol. The van der Waals surface area contributed by atoms with Crippen LogP contribution in [0.2, 0.25) is 0 Å². The van der Waals surface area contributed by atoms with Gasteiger partial charge in [-0.15, -0.1) is 0 Å². The number of ether oxygens (including phenoxy) is 2. The van der Waals surface area contributed by atoms with Crippen LogP contribution >= 0.6 is 0 Å². The second-order valence-electron chi connectivity index (χ2n) is 10.8. The first kappa shape index (κ1) is 30.1. The maximum Gasteiger partial charge on any atom is 0.303 e. The molecule has 0 saturated carbocycles. The maximum absolute atomic E-state index is 14.0. The highest BCUT2D eigenvalue weighted by molar-refractivity contribution is 5.66. The number of unbranched alkanes of at least 4 members (excludes halogenated alkanes) is 1. The minimum atomic E-state index is -0.775. The van der Waals surface area contributed by atoms with E-state index in [1.807, 2.05) is 51.1 Å². The molecular weight excluding hydrogens is 485 g/mol. The number of aliphatic carboxylic acids is 1. The second-order valence-corrected chi connectivity index (χ2v) is 10.8. The number of benzene rings is 2. The van der Waals surface area contributed by atoms with Crippen molar-refractivity contribution in [2.45, 2.75) is 97.0 Å². The topological polar surface area (TPSA) is 79.2 Å². The number of carbonyl (C=O) groups is 1. The van der Waals surface area contributed by atoms with E-state index in [1.165, 1.54) is 0 Å². The molecule has 0 radical (unpaired) electrons. The van der Waals surface area contributed by atoms with Gasteiger partial charge in [0.2, 0.25) is 0 Å². The number of aliphatic hydroxyl groups excluding tert-OH is 1. The van der Waals surface area contributed by atoms with E-state index in [9.17, 15) is 14.3 Å². The molecule has 1 fully saturated rings. The Labute approximate surface area is 226 Å². The predicted octanol–water partition coefficient (Wildman–Crippen LogP) is 5.86. The smallest absolute Gasteiger partial charge is 0.303 e. The van der Waals surface area contributed by atoms with Crippen molar-refractivity contribution >= 4 is 5.97 Å². The largest absolute Gasteiger partial charge is 0.491 e. The van der Waals surface area contributed by atoms with E-state index in [-0.39, 0.29) is 37.1 Å². The quantitative estimate of drug-likeness (QED) is 0.281. The number of likely N-dealkylation sites (tertiary alicyclic amines) is 1. The van der Waals surface area contributed by atoms with Gasteiger partial charge in [0.25, 0.3) is 0 Å². The van der Waals surface area contributed by atoms with E-state index in [1.54, 1.807) is 13.0 Å². The Morgan fingerprint density at radius 2 is 1.95 bits per heavy atom. The van der Waals surface area contributed by atoms with Crippen LogP contribution in [0.4, 0.5) is 4.39 Å². The van der Waals surface area contributed by atoms with Crippen molar-refractivity contribution in [1.29, 1.82) is 0 Å². The molecule has 210 valence electrons. The van der Waals surface area contributed by atoms with E-state index in [0.717, 1.165) is 61.1 Å². The molecular formula is C31H44FNO5. The molecule has 0 unspecified atom stereocenters. The molecule has 6 nitrogen and oxygen atoms in total. The van der Waals surface area contributed by atoms with Gasteiger partial charge in [-0.05, 0) is 113 Å². The Morgan fingerprint density at radius 3 is 2.66 bits per heavy atom. The summed E-state index contributed by atoms with van der Waals surface area (Å²) < 4.78 is 26.1. The maximum atomic E-state index is 14.0. The lowest BCUT2D eigenvalue weighted by atomic mass is 9.97. The summed E-state index contributed by atoms with van der Waals surface area (Å²) >= 11 is 0. The zero-order valence-electron chi connectivity index (χ0n) is 23.3. The summed E-state index contributed by atoms with van der Waals surface area (Å²) in [5, 5.41) is 19.8. The molecule has 0 bridgehead atoms. The Balaban J connectivity index is 1.57. The lowest BCUT2D eigenvalue weighted by Gasteiger charge is -2.28. The normalized spacial score (nSPS) is 17.6. The third kappa shape index (κ3) is 9.37. The molecule has 7 heteroatoms. The van der Waals surface area contributed by atoms with Gasteiger partial charge in [0, 0.05) is 19.0 Å². The van der Waals surface area contributed by atoms with Gasteiger partial charge in [0.1, 0.15) is 11.6 Å². The zero-order valence-corrected chi connectivity index (χ0v) is 23.3.